The minimum atomic E-state index is -6.00. The van der Waals surface area contributed by atoms with Crippen LogP contribution in [0.1, 0.15) is 6.92 Å². The number of quaternary nitrogens is 1. The molecule has 0 aromatic rings. The molecule has 7 heteroatoms. The first-order valence-electron chi connectivity index (χ1n) is 3.80. The van der Waals surface area contributed by atoms with Crippen molar-refractivity contribution in [2.45, 2.75) is 6.92 Å². The smallest absolute Gasteiger partial charge is 0.418 e. The third-order valence-corrected chi connectivity index (χ3v) is 1.33. The molecule has 2 nitrogen and oxygen atoms in total. The number of nitrogens with zero attached hydrogens (tertiary/aromatic N) is 1. The summed E-state index contributed by atoms with van der Waals surface area (Å²) >= 11 is 0. The summed E-state index contributed by atoms with van der Waals surface area (Å²) in [6, 6.07) is 0. The Hall–Kier alpha value is -0.295. The van der Waals surface area contributed by atoms with E-state index in [2.05, 4.69) is 21.0 Å². The summed E-state index contributed by atoms with van der Waals surface area (Å²) in [6.45, 7) is 4.07. The highest BCUT2D eigenvalue weighted by Gasteiger charge is 2.20. The number of ether oxygens (including phenoxy) is 1. The van der Waals surface area contributed by atoms with Crippen molar-refractivity contribution in [1.29, 1.82) is 0 Å². The second kappa shape index (κ2) is 6.20. The second-order valence-corrected chi connectivity index (χ2v) is 3.16. The zero-order chi connectivity index (χ0) is 11.1. The lowest BCUT2D eigenvalue weighted by Gasteiger charge is -2.26. The molecule has 0 radical (unpaired) electrons. The fraction of sp³-hybridized carbons (Fsp3) is 1.00. The molecule has 0 bridgehead atoms. The summed E-state index contributed by atoms with van der Waals surface area (Å²) < 4.78 is 44.9. The van der Waals surface area contributed by atoms with E-state index >= 15 is 0 Å². The van der Waals surface area contributed by atoms with Crippen LogP contribution in [0.4, 0.5) is 17.3 Å². The molecule has 0 amide bonds. The van der Waals surface area contributed by atoms with Gasteiger partial charge in [0.05, 0.1) is 20.6 Å². The van der Waals surface area contributed by atoms with E-state index in [0.29, 0.717) is 0 Å². The van der Waals surface area contributed by atoms with Gasteiger partial charge in [-0.3, -0.25) is 0 Å². The van der Waals surface area contributed by atoms with Gasteiger partial charge in [0.25, 0.3) is 0 Å². The zero-order valence-electron chi connectivity index (χ0n) is 8.36. The quantitative estimate of drug-likeness (QED) is 0.296. The van der Waals surface area contributed by atoms with E-state index in [-0.39, 0.29) is 0 Å². The van der Waals surface area contributed by atoms with E-state index in [9.17, 15) is 17.3 Å². The van der Waals surface area contributed by atoms with Crippen molar-refractivity contribution < 1.29 is 26.5 Å². The van der Waals surface area contributed by atoms with Gasteiger partial charge in [0.1, 0.15) is 0 Å². The fourth-order valence-electron chi connectivity index (χ4n) is 0.441. The highest BCUT2D eigenvalue weighted by atomic mass is 19.5. The van der Waals surface area contributed by atoms with E-state index < -0.39 is 7.25 Å². The lowest BCUT2D eigenvalue weighted by atomic mass is 10.3. The van der Waals surface area contributed by atoms with Crippen molar-refractivity contribution in [3.63, 3.8) is 0 Å². The predicted molar refractivity (Wildman–Crippen MR) is 44.7 cm³/mol. The standard InChI is InChI=1S/C6H16NO.BF4/c1-5-7(2,3)6-8-4;2-1(3,4)5/h5-6H2,1-4H3;/q+1;-1. The molecule has 0 aliphatic carbocycles. The first-order valence-corrected chi connectivity index (χ1v) is 3.80. The SMILES string of the molecule is CC[N+](C)(C)COC.F[B-](F)(F)F. The Morgan fingerprint density at radius 3 is 1.54 bits per heavy atom. The zero-order valence-corrected chi connectivity index (χ0v) is 8.36. The van der Waals surface area contributed by atoms with Crippen LogP contribution in [0.2, 0.25) is 0 Å². The molecule has 0 aromatic carbocycles. The third-order valence-electron chi connectivity index (χ3n) is 1.33. The van der Waals surface area contributed by atoms with Gasteiger partial charge < -0.3 is 26.5 Å². The molecule has 0 aliphatic rings. The van der Waals surface area contributed by atoms with Crippen LogP contribution in [-0.2, 0) is 4.74 Å². The molecule has 82 valence electrons. The van der Waals surface area contributed by atoms with Crippen molar-refractivity contribution in [2.24, 2.45) is 0 Å². The number of halogens is 4. The van der Waals surface area contributed by atoms with Crippen LogP contribution in [0, 0.1) is 0 Å². The van der Waals surface area contributed by atoms with E-state index in [4.69, 9.17) is 4.74 Å². The van der Waals surface area contributed by atoms with Crippen LogP contribution >= 0.6 is 0 Å². The predicted octanol–water partition coefficient (Wildman–Crippen LogP) is 1.99. The van der Waals surface area contributed by atoms with Gasteiger partial charge in [-0.2, -0.15) is 0 Å². The van der Waals surface area contributed by atoms with Gasteiger partial charge in [-0.1, -0.05) is 0 Å². The Morgan fingerprint density at radius 2 is 1.46 bits per heavy atom. The second-order valence-electron chi connectivity index (χ2n) is 3.16. The maximum Gasteiger partial charge on any atom is 0.673 e. The Bertz CT molecular complexity index is 122. The van der Waals surface area contributed by atoms with Crippen LogP contribution in [0.5, 0.6) is 0 Å². The molecule has 0 aliphatic heterocycles. The molecule has 0 aromatic heterocycles. The van der Waals surface area contributed by atoms with E-state index in [0.717, 1.165) is 17.8 Å². The Kier molecular flexibility index (Phi) is 7.25. The van der Waals surface area contributed by atoms with Gasteiger partial charge in [0, 0.05) is 7.11 Å². The summed E-state index contributed by atoms with van der Waals surface area (Å²) in [5, 5.41) is 0. The lowest BCUT2D eigenvalue weighted by Crippen LogP contribution is -2.40. The Labute approximate surface area is 76.2 Å². The third kappa shape index (κ3) is 24.5. The number of hydrogen-bond acceptors (Lipinski definition) is 1. The largest absolute Gasteiger partial charge is 0.673 e. The average Bonchev–Trinajstić information content (AvgIpc) is 1.84. The minimum Gasteiger partial charge on any atom is -0.418 e. The summed E-state index contributed by atoms with van der Waals surface area (Å²) in [5.41, 5.74) is 0. The van der Waals surface area contributed by atoms with Gasteiger partial charge in [-0.05, 0) is 6.92 Å². The van der Waals surface area contributed by atoms with E-state index in [1.807, 2.05) is 0 Å². The molecule has 0 unspecified atom stereocenters. The summed E-state index contributed by atoms with van der Waals surface area (Å²) in [7, 11) is 0.0165. The molecule has 0 fully saturated rings. The van der Waals surface area contributed by atoms with Crippen LogP contribution in [0.25, 0.3) is 0 Å². The molecule has 0 rings (SSSR count). The highest BCUT2D eigenvalue weighted by Crippen LogP contribution is 2.06. The molecule has 0 saturated carbocycles. The van der Waals surface area contributed by atoms with Crippen LogP contribution in [0.3, 0.4) is 0 Å². The van der Waals surface area contributed by atoms with Crippen LogP contribution in [0.15, 0.2) is 0 Å². The first kappa shape index (κ1) is 15.2. The molecular formula is C6H16BF4NO. The van der Waals surface area contributed by atoms with Crippen molar-refractivity contribution >= 4 is 7.25 Å². The molecule has 0 atom stereocenters. The lowest BCUT2D eigenvalue weighted by molar-refractivity contribution is -0.907. The molecule has 0 N–H and O–H groups in total. The van der Waals surface area contributed by atoms with Gasteiger partial charge in [-0.15, -0.1) is 0 Å². The molecule has 0 saturated heterocycles. The number of methoxy groups -OCH3 is 1. The fourth-order valence-corrected chi connectivity index (χ4v) is 0.441. The average molecular weight is 205 g/mol. The maximum atomic E-state index is 9.75. The van der Waals surface area contributed by atoms with Crippen molar-refractivity contribution in [2.75, 3.05) is 34.5 Å². The first-order chi connectivity index (χ1) is 5.62. The number of hydrogen-bond donors (Lipinski definition) is 0. The normalized spacial score (nSPS) is 12.0. The van der Waals surface area contributed by atoms with Crippen molar-refractivity contribution in [3.05, 3.63) is 0 Å². The van der Waals surface area contributed by atoms with E-state index in [1.54, 1.807) is 7.11 Å². The topological polar surface area (TPSA) is 9.23 Å². The van der Waals surface area contributed by atoms with Gasteiger partial charge in [-0.25, -0.2) is 0 Å². The van der Waals surface area contributed by atoms with Crippen molar-refractivity contribution in [3.8, 4) is 0 Å². The van der Waals surface area contributed by atoms with Gasteiger partial charge in [0.15, 0.2) is 6.73 Å². The molecule has 0 spiro atoms. The molecule has 0 heterocycles. The molecular weight excluding hydrogens is 189 g/mol. The van der Waals surface area contributed by atoms with Gasteiger partial charge in [0.2, 0.25) is 0 Å². The number of rotatable bonds is 3. The monoisotopic (exact) mass is 205 g/mol. The molecule has 13 heavy (non-hydrogen) atoms. The van der Waals surface area contributed by atoms with Crippen LogP contribution < -0.4 is 0 Å². The highest BCUT2D eigenvalue weighted by molar-refractivity contribution is 6.50. The Morgan fingerprint density at radius 1 is 1.15 bits per heavy atom. The van der Waals surface area contributed by atoms with Crippen molar-refractivity contribution in [1.82, 2.24) is 0 Å². The Balaban J connectivity index is 0. The minimum absolute atomic E-state index is 0.802. The van der Waals surface area contributed by atoms with Gasteiger partial charge >= 0.3 is 7.25 Å². The maximum absolute atomic E-state index is 9.75. The summed E-state index contributed by atoms with van der Waals surface area (Å²) in [6.07, 6.45) is 0. The summed E-state index contributed by atoms with van der Waals surface area (Å²) in [4.78, 5) is 0. The van der Waals surface area contributed by atoms with Crippen LogP contribution in [-0.4, -0.2) is 46.2 Å². The summed E-state index contributed by atoms with van der Waals surface area (Å²) in [5.74, 6) is 0. The van der Waals surface area contributed by atoms with E-state index in [1.165, 1.54) is 0 Å².